The summed E-state index contributed by atoms with van der Waals surface area (Å²) in [5.74, 6) is -1.93. The third-order valence-electron chi connectivity index (χ3n) is 4.49. The summed E-state index contributed by atoms with van der Waals surface area (Å²) in [6, 6.07) is 11.2. The number of carbonyl (C=O) groups is 4. The molecular weight excluding hydrogens is 488 g/mol. The van der Waals surface area contributed by atoms with Crippen LogP contribution in [0.1, 0.15) is 53.4 Å². The van der Waals surface area contributed by atoms with Crippen LogP contribution in [-0.2, 0) is 11.3 Å². The standard InChI is InChI=1S/C21H15BrN2O6S/c1-2-29-21(28)14-9-11(31-18(14)23-17(25)15-7-8-16(22)30-15)10-24-19(26)12-5-3-4-6-13(12)20(24)27/h3-9H,2,10H2,1H3,(H,23,25). The SMILES string of the molecule is CCOC(=O)c1cc(CN2C(=O)c3ccccc3C2=O)sc1NC(=O)c1ccc(Br)o1. The normalized spacial score (nSPS) is 12.8. The van der Waals surface area contributed by atoms with Crippen molar-refractivity contribution < 1.29 is 28.3 Å². The Kier molecular flexibility index (Phi) is 5.75. The second-order valence-electron chi connectivity index (χ2n) is 6.48. The highest BCUT2D eigenvalue weighted by Gasteiger charge is 2.35. The maximum Gasteiger partial charge on any atom is 0.341 e. The minimum absolute atomic E-state index is 0.0361. The van der Waals surface area contributed by atoms with E-state index in [-0.39, 0.29) is 29.5 Å². The molecule has 0 bridgehead atoms. The highest BCUT2D eigenvalue weighted by atomic mass is 79.9. The Morgan fingerprint density at radius 3 is 2.39 bits per heavy atom. The smallest absolute Gasteiger partial charge is 0.341 e. The molecule has 10 heteroatoms. The van der Waals surface area contributed by atoms with Gasteiger partial charge >= 0.3 is 5.97 Å². The van der Waals surface area contributed by atoms with E-state index < -0.39 is 23.7 Å². The predicted octanol–water partition coefficient (Wildman–Crippen LogP) is 4.33. The van der Waals surface area contributed by atoms with Crippen LogP contribution in [0.3, 0.4) is 0 Å². The molecule has 4 rings (SSSR count). The van der Waals surface area contributed by atoms with Crippen LogP contribution in [0.15, 0.2) is 51.6 Å². The maximum absolute atomic E-state index is 12.6. The van der Waals surface area contributed by atoms with Gasteiger partial charge in [-0.05, 0) is 53.2 Å². The Morgan fingerprint density at radius 1 is 1.13 bits per heavy atom. The van der Waals surface area contributed by atoms with E-state index in [4.69, 9.17) is 9.15 Å². The van der Waals surface area contributed by atoms with Gasteiger partial charge in [0.05, 0.1) is 29.8 Å². The van der Waals surface area contributed by atoms with E-state index in [0.29, 0.717) is 20.7 Å². The van der Waals surface area contributed by atoms with Crippen LogP contribution in [-0.4, -0.2) is 35.2 Å². The van der Waals surface area contributed by atoms with Crippen molar-refractivity contribution in [3.63, 3.8) is 0 Å². The van der Waals surface area contributed by atoms with Crippen molar-refractivity contribution in [2.45, 2.75) is 13.5 Å². The highest BCUT2D eigenvalue weighted by molar-refractivity contribution is 9.10. The van der Waals surface area contributed by atoms with E-state index >= 15 is 0 Å². The van der Waals surface area contributed by atoms with Crippen molar-refractivity contribution in [2.24, 2.45) is 0 Å². The molecule has 3 amide bonds. The monoisotopic (exact) mass is 502 g/mol. The number of carbonyl (C=O) groups excluding carboxylic acids is 4. The van der Waals surface area contributed by atoms with Crippen LogP contribution >= 0.6 is 27.3 Å². The van der Waals surface area contributed by atoms with Crippen LogP contribution < -0.4 is 5.32 Å². The van der Waals surface area contributed by atoms with E-state index in [1.807, 2.05) is 0 Å². The van der Waals surface area contributed by atoms with Gasteiger partial charge in [0.15, 0.2) is 10.4 Å². The molecule has 0 saturated carbocycles. The first-order valence-electron chi connectivity index (χ1n) is 9.20. The number of hydrogen-bond donors (Lipinski definition) is 1. The van der Waals surface area contributed by atoms with Crippen molar-refractivity contribution in [1.82, 2.24) is 4.90 Å². The van der Waals surface area contributed by atoms with Crippen LogP contribution in [0.4, 0.5) is 5.00 Å². The second kappa shape index (κ2) is 8.48. The summed E-state index contributed by atoms with van der Waals surface area (Å²) >= 11 is 4.21. The molecule has 1 N–H and O–H groups in total. The zero-order valence-corrected chi connectivity index (χ0v) is 18.5. The number of imide groups is 1. The Bertz CT molecular complexity index is 1180. The number of ether oxygens (including phenoxy) is 1. The molecule has 0 aliphatic carbocycles. The minimum Gasteiger partial charge on any atom is -0.462 e. The predicted molar refractivity (Wildman–Crippen MR) is 115 cm³/mol. The topological polar surface area (TPSA) is 106 Å². The first-order valence-corrected chi connectivity index (χ1v) is 10.8. The van der Waals surface area contributed by atoms with Gasteiger partial charge in [-0.3, -0.25) is 19.3 Å². The Balaban J connectivity index is 1.61. The molecule has 0 radical (unpaired) electrons. The fourth-order valence-electron chi connectivity index (χ4n) is 3.11. The van der Waals surface area contributed by atoms with Gasteiger partial charge in [0.25, 0.3) is 17.7 Å². The van der Waals surface area contributed by atoms with Gasteiger partial charge in [0.1, 0.15) is 5.00 Å². The number of halogens is 1. The zero-order chi connectivity index (χ0) is 22.1. The van der Waals surface area contributed by atoms with E-state index in [2.05, 4.69) is 21.2 Å². The van der Waals surface area contributed by atoms with E-state index in [1.54, 1.807) is 37.3 Å². The number of thiophene rings is 1. The molecular formula is C21H15BrN2O6S. The summed E-state index contributed by atoms with van der Waals surface area (Å²) in [6.07, 6.45) is 0. The molecule has 1 aliphatic rings. The molecule has 1 aliphatic heterocycles. The van der Waals surface area contributed by atoms with Gasteiger partial charge in [-0.2, -0.15) is 0 Å². The fraction of sp³-hybridized carbons (Fsp3) is 0.143. The molecule has 0 spiro atoms. The van der Waals surface area contributed by atoms with Crippen LogP contribution in [0.5, 0.6) is 0 Å². The number of rotatable bonds is 6. The Hall–Kier alpha value is -3.24. The van der Waals surface area contributed by atoms with Crippen LogP contribution in [0.25, 0.3) is 0 Å². The number of nitrogens with zero attached hydrogens (tertiary/aromatic N) is 1. The summed E-state index contributed by atoms with van der Waals surface area (Å²) in [5, 5.41) is 2.88. The summed E-state index contributed by atoms with van der Waals surface area (Å²) in [7, 11) is 0. The molecule has 158 valence electrons. The van der Waals surface area contributed by atoms with E-state index in [0.717, 1.165) is 16.2 Å². The number of nitrogens with one attached hydrogen (secondary N) is 1. The van der Waals surface area contributed by atoms with Crippen molar-refractivity contribution in [3.8, 4) is 0 Å². The number of hydrogen-bond acceptors (Lipinski definition) is 7. The van der Waals surface area contributed by atoms with Crippen LogP contribution in [0.2, 0.25) is 0 Å². The quantitative estimate of drug-likeness (QED) is 0.397. The molecule has 1 aromatic carbocycles. The van der Waals surface area contributed by atoms with Crippen molar-refractivity contribution in [1.29, 1.82) is 0 Å². The van der Waals surface area contributed by atoms with Crippen molar-refractivity contribution in [2.75, 3.05) is 11.9 Å². The average Bonchev–Trinajstić information content (AvgIpc) is 3.42. The van der Waals surface area contributed by atoms with Crippen LogP contribution in [0, 0.1) is 0 Å². The number of esters is 1. The van der Waals surface area contributed by atoms with Crippen molar-refractivity contribution in [3.05, 3.63) is 74.5 Å². The first kappa shape index (κ1) is 21.0. The first-order chi connectivity index (χ1) is 14.9. The summed E-state index contributed by atoms with van der Waals surface area (Å²) in [4.78, 5) is 51.8. The lowest BCUT2D eigenvalue weighted by molar-refractivity contribution is 0.0527. The summed E-state index contributed by atoms with van der Waals surface area (Å²) < 4.78 is 10.7. The third-order valence-corrected chi connectivity index (χ3v) is 5.96. The molecule has 0 unspecified atom stereocenters. The Labute approximate surface area is 188 Å². The van der Waals surface area contributed by atoms with Gasteiger partial charge in [0.2, 0.25) is 0 Å². The summed E-state index contributed by atoms with van der Waals surface area (Å²) in [5.41, 5.74) is 0.815. The fourth-order valence-corrected chi connectivity index (χ4v) is 4.45. The number of benzene rings is 1. The van der Waals surface area contributed by atoms with Gasteiger partial charge in [-0.25, -0.2) is 4.79 Å². The Morgan fingerprint density at radius 2 is 1.81 bits per heavy atom. The molecule has 3 heterocycles. The lowest BCUT2D eigenvalue weighted by Crippen LogP contribution is -2.28. The molecule has 2 aromatic heterocycles. The lowest BCUT2D eigenvalue weighted by Gasteiger charge is -2.12. The number of anilines is 1. The van der Waals surface area contributed by atoms with Gasteiger partial charge in [0, 0.05) is 4.88 Å². The average molecular weight is 503 g/mol. The minimum atomic E-state index is -0.622. The number of fused-ring (bicyclic) bond motifs is 1. The van der Waals surface area contributed by atoms with Crippen molar-refractivity contribution >= 4 is 56.0 Å². The number of furan rings is 1. The largest absolute Gasteiger partial charge is 0.462 e. The van der Waals surface area contributed by atoms with E-state index in [1.165, 1.54) is 12.1 Å². The molecule has 31 heavy (non-hydrogen) atoms. The molecule has 3 aromatic rings. The third kappa shape index (κ3) is 4.04. The number of amides is 3. The highest BCUT2D eigenvalue weighted by Crippen LogP contribution is 2.33. The molecule has 0 atom stereocenters. The second-order valence-corrected chi connectivity index (χ2v) is 8.39. The molecule has 0 fully saturated rings. The molecule has 0 saturated heterocycles. The van der Waals surface area contributed by atoms with Gasteiger partial charge in [-0.1, -0.05) is 12.1 Å². The van der Waals surface area contributed by atoms with Gasteiger partial charge in [-0.15, -0.1) is 11.3 Å². The molecule has 8 nitrogen and oxygen atoms in total. The van der Waals surface area contributed by atoms with Gasteiger partial charge < -0.3 is 14.5 Å². The maximum atomic E-state index is 12.6. The van der Waals surface area contributed by atoms with E-state index in [9.17, 15) is 19.2 Å². The lowest BCUT2D eigenvalue weighted by atomic mass is 10.1. The summed E-state index contributed by atoms with van der Waals surface area (Å²) in [6.45, 7) is 1.79. The zero-order valence-electron chi connectivity index (χ0n) is 16.1.